The van der Waals surface area contributed by atoms with Gasteiger partial charge in [-0.05, 0) is 6.42 Å². The van der Waals surface area contributed by atoms with Crippen LogP contribution in [0, 0.1) is 0 Å². The monoisotopic (exact) mass is 318 g/mol. The summed E-state index contributed by atoms with van der Waals surface area (Å²) in [6.07, 6.45) is -0.502. The van der Waals surface area contributed by atoms with Gasteiger partial charge in [0.15, 0.2) is 0 Å². The molecule has 0 fully saturated rings. The van der Waals surface area contributed by atoms with E-state index in [0.29, 0.717) is 19.6 Å². The molecule has 7 nitrogen and oxygen atoms in total. The zero-order valence-corrected chi connectivity index (χ0v) is 11.3. The van der Waals surface area contributed by atoms with E-state index >= 15 is 0 Å². The molecule has 96 valence electrons. The van der Waals surface area contributed by atoms with Crippen LogP contribution in [0.1, 0.15) is 6.42 Å². The van der Waals surface area contributed by atoms with Crippen molar-refractivity contribution in [3.63, 3.8) is 0 Å². The van der Waals surface area contributed by atoms with Crippen molar-refractivity contribution in [3.8, 4) is 0 Å². The Morgan fingerprint density at radius 3 is 2.62 bits per heavy atom. The quantitative estimate of drug-likeness (QED) is 0.484. The van der Waals surface area contributed by atoms with Crippen molar-refractivity contribution in [1.82, 2.24) is 9.44 Å². The Balaban J connectivity index is 3.63. The molecule has 0 aliphatic rings. The number of amides is 1. The molecule has 0 atom stereocenters. The molecule has 0 saturated carbocycles. The largest absolute Gasteiger partial charge is 0.452 e. The standard InChI is InChI=1S/C7H15BrN2O5S/c1-14-7(11)10-16(12,13)9-4-2-5-15-6-3-8/h9H,2-6H2,1H3,(H,10,11). The number of carbonyl (C=O) groups is 1. The fraction of sp³-hybridized carbons (Fsp3) is 0.857. The van der Waals surface area contributed by atoms with Crippen LogP contribution in [-0.2, 0) is 19.7 Å². The minimum Gasteiger partial charge on any atom is -0.452 e. The molecule has 9 heteroatoms. The Morgan fingerprint density at radius 1 is 1.38 bits per heavy atom. The first-order valence-electron chi connectivity index (χ1n) is 4.51. The van der Waals surface area contributed by atoms with Crippen LogP contribution in [0.5, 0.6) is 0 Å². The second-order valence-electron chi connectivity index (χ2n) is 2.65. The van der Waals surface area contributed by atoms with E-state index in [-0.39, 0.29) is 6.54 Å². The van der Waals surface area contributed by atoms with Crippen LogP contribution in [0.3, 0.4) is 0 Å². The number of halogens is 1. The fourth-order valence-electron chi connectivity index (χ4n) is 0.725. The molecule has 0 unspecified atom stereocenters. The lowest BCUT2D eigenvalue weighted by Gasteiger charge is -2.07. The molecule has 0 spiro atoms. The third-order valence-electron chi connectivity index (χ3n) is 1.38. The van der Waals surface area contributed by atoms with E-state index in [4.69, 9.17) is 4.74 Å². The zero-order valence-electron chi connectivity index (χ0n) is 8.86. The Labute approximate surface area is 103 Å². The lowest BCUT2D eigenvalue weighted by molar-refractivity contribution is 0.149. The molecule has 0 aromatic rings. The van der Waals surface area contributed by atoms with Crippen LogP contribution in [0.2, 0.25) is 0 Å². The van der Waals surface area contributed by atoms with Gasteiger partial charge in [0.1, 0.15) is 0 Å². The van der Waals surface area contributed by atoms with Gasteiger partial charge in [-0.15, -0.1) is 0 Å². The van der Waals surface area contributed by atoms with Crippen molar-refractivity contribution in [2.24, 2.45) is 0 Å². The highest BCUT2D eigenvalue weighted by Crippen LogP contribution is 1.86. The molecule has 1 amide bonds. The fourth-order valence-corrected chi connectivity index (χ4v) is 1.74. The maximum absolute atomic E-state index is 11.1. The minimum atomic E-state index is -3.83. The van der Waals surface area contributed by atoms with Gasteiger partial charge in [0.25, 0.3) is 0 Å². The van der Waals surface area contributed by atoms with Crippen molar-refractivity contribution in [1.29, 1.82) is 0 Å². The van der Waals surface area contributed by atoms with E-state index < -0.39 is 16.3 Å². The number of rotatable bonds is 8. The summed E-state index contributed by atoms with van der Waals surface area (Å²) >= 11 is 3.19. The molecule has 0 aromatic heterocycles. The number of alkyl halides is 1. The number of hydrogen-bond donors (Lipinski definition) is 2. The van der Waals surface area contributed by atoms with Crippen LogP contribution in [0.25, 0.3) is 0 Å². The highest BCUT2D eigenvalue weighted by Gasteiger charge is 2.12. The summed E-state index contributed by atoms with van der Waals surface area (Å²) in [4.78, 5) is 10.6. The number of nitrogens with one attached hydrogen (secondary N) is 2. The average molecular weight is 319 g/mol. The second-order valence-corrected chi connectivity index (χ2v) is 4.94. The van der Waals surface area contributed by atoms with Crippen LogP contribution >= 0.6 is 15.9 Å². The van der Waals surface area contributed by atoms with Crippen molar-refractivity contribution in [2.45, 2.75) is 6.42 Å². The van der Waals surface area contributed by atoms with Gasteiger partial charge in [-0.25, -0.2) is 9.52 Å². The number of methoxy groups -OCH3 is 1. The lowest BCUT2D eigenvalue weighted by atomic mass is 10.5. The molecule has 0 bridgehead atoms. The molecule has 0 saturated heterocycles. The molecule has 0 heterocycles. The van der Waals surface area contributed by atoms with Gasteiger partial charge in [-0.2, -0.15) is 13.1 Å². The molecule has 16 heavy (non-hydrogen) atoms. The highest BCUT2D eigenvalue weighted by atomic mass is 79.9. The van der Waals surface area contributed by atoms with Crippen LogP contribution in [-0.4, -0.2) is 46.7 Å². The first kappa shape index (κ1) is 15.6. The molecular formula is C7H15BrN2O5S. The predicted molar refractivity (Wildman–Crippen MR) is 61.7 cm³/mol. The maximum Gasteiger partial charge on any atom is 0.421 e. The first-order chi connectivity index (χ1) is 7.52. The Kier molecular flexibility index (Phi) is 8.53. The topological polar surface area (TPSA) is 93.7 Å². The Hall–Kier alpha value is -0.380. The van der Waals surface area contributed by atoms with Crippen LogP contribution in [0.15, 0.2) is 0 Å². The van der Waals surface area contributed by atoms with Gasteiger partial charge >= 0.3 is 16.3 Å². The minimum absolute atomic E-state index is 0.189. The second kappa shape index (κ2) is 8.74. The first-order valence-corrected chi connectivity index (χ1v) is 7.11. The summed E-state index contributed by atoms with van der Waals surface area (Å²) in [7, 11) is -2.74. The Morgan fingerprint density at radius 2 is 2.06 bits per heavy atom. The van der Waals surface area contributed by atoms with Crippen molar-refractivity contribution >= 4 is 32.2 Å². The zero-order chi connectivity index (χ0) is 12.4. The van der Waals surface area contributed by atoms with Gasteiger partial charge < -0.3 is 9.47 Å². The molecular weight excluding hydrogens is 304 g/mol. The van der Waals surface area contributed by atoms with Crippen molar-refractivity contribution in [3.05, 3.63) is 0 Å². The van der Waals surface area contributed by atoms with Crippen LogP contribution in [0.4, 0.5) is 4.79 Å². The molecule has 0 radical (unpaired) electrons. The van der Waals surface area contributed by atoms with Gasteiger partial charge in [0.05, 0.1) is 13.7 Å². The normalized spacial score (nSPS) is 11.1. The highest BCUT2D eigenvalue weighted by molar-refractivity contribution is 9.09. The van der Waals surface area contributed by atoms with Gasteiger partial charge in [0, 0.05) is 18.5 Å². The summed E-state index contributed by atoms with van der Waals surface area (Å²) in [6, 6.07) is 0. The maximum atomic E-state index is 11.1. The van der Waals surface area contributed by atoms with E-state index in [9.17, 15) is 13.2 Å². The number of ether oxygens (including phenoxy) is 2. The van der Waals surface area contributed by atoms with E-state index in [0.717, 1.165) is 12.4 Å². The number of hydrogen-bond acceptors (Lipinski definition) is 5. The summed E-state index contributed by atoms with van der Waals surface area (Å²) in [5.41, 5.74) is 0. The third kappa shape index (κ3) is 8.89. The molecule has 0 aromatic carbocycles. The van der Waals surface area contributed by atoms with Crippen molar-refractivity contribution in [2.75, 3.05) is 32.2 Å². The van der Waals surface area contributed by atoms with Gasteiger partial charge in [-0.1, -0.05) is 15.9 Å². The summed E-state index contributed by atoms with van der Waals surface area (Å²) in [5.74, 6) is 0. The van der Waals surface area contributed by atoms with E-state index in [2.05, 4.69) is 25.4 Å². The molecule has 0 aliphatic heterocycles. The molecule has 0 rings (SSSR count). The third-order valence-corrected chi connectivity index (χ3v) is 2.73. The van der Waals surface area contributed by atoms with Gasteiger partial charge in [-0.3, -0.25) is 0 Å². The van der Waals surface area contributed by atoms with E-state index in [1.165, 1.54) is 0 Å². The molecule has 2 N–H and O–H groups in total. The lowest BCUT2D eigenvalue weighted by Crippen LogP contribution is -2.40. The summed E-state index contributed by atoms with van der Waals surface area (Å²) < 4.78 is 35.3. The summed E-state index contributed by atoms with van der Waals surface area (Å²) in [6.45, 7) is 1.22. The van der Waals surface area contributed by atoms with E-state index in [1.807, 2.05) is 0 Å². The summed E-state index contributed by atoms with van der Waals surface area (Å²) in [5, 5.41) is 0.739. The van der Waals surface area contributed by atoms with Gasteiger partial charge in [0.2, 0.25) is 0 Å². The van der Waals surface area contributed by atoms with Crippen LogP contribution < -0.4 is 9.44 Å². The van der Waals surface area contributed by atoms with Crippen molar-refractivity contribution < 1.29 is 22.7 Å². The SMILES string of the molecule is COC(=O)NS(=O)(=O)NCCCOCCBr. The predicted octanol–water partition coefficient (Wildman–Crippen LogP) is -0.0216. The smallest absolute Gasteiger partial charge is 0.421 e. The molecule has 0 aliphatic carbocycles. The van der Waals surface area contributed by atoms with E-state index in [1.54, 1.807) is 4.72 Å². The number of carbonyl (C=O) groups excluding carboxylic acids is 1. The Bertz CT molecular complexity index is 295. The average Bonchev–Trinajstić information content (AvgIpc) is 2.22.